The summed E-state index contributed by atoms with van der Waals surface area (Å²) in [4.78, 5) is 3.43. The number of aromatic nitrogens is 1. The molecule has 0 atom stereocenters. The lowest BCUT2D eigenvalue weighted by Crippen LogP contribution is -1.98. The second-order valence-corrected chi connectivity index (χ2v) is 1.77. The zero-order valence-electron chi connectivity index (χ0n) is 5.03. The third kappa shape index (κ3) is 1.29. The van der Waals surface area contributed by atoms with Crippen molar-refractivity contribution in [2.75, 3.05) is 0 Å². The van der Waals surface area contributed by atoms with Gasteiger partial charge in [0.05, 0.1) is 6.20 Å². The van der Waals surface area contributed by atoms with Gasteiger partial charge in [-0.2, -0.15) is 0 Å². The van der Waals surface area contributed by atoms with Crippen LogP contribution in [0.1, 0.15) is 11.9 Å². The quantitative estimate of drug-likeness (QED) is 0.552. The normalized spacial score (nSPS) is 10.4. The Kier molecular flexibility index (Phi) is 1.94. The van der Waals surface area contributed by atoms with E-state index >= 15 is 0 Å². The van der Waals surface area contributed by atoms with E-state index in [0.29, 0.717) is 0 Å². The van der Waals surface area contributed by atoms with Gasteiger partial charge in [-0.05, 0) is 6.07 Å². The molecule has 0 saturated heterocycles. The number of rotatable bonds is 1. The first kappa shape index (κ1) is 7.11. The molecule has 54 valence electrons. The van der Waals surface area contributed by atoms with Gasteiger partial charge in [0.15, 0.2) is 6.29 Å². The molecule has 0 spiro atoms. The minimum absolute atomic E-state index is 0.157. The van der Waals surface area contributed by atoms with Crippen LogP contribution in [-0.2, 0) is 0 Å². The molecule has 0 bridgehead atoms. The van der Waals surface area contributed by atoms with Gasteiger partial charge in [-0.25, -0.2) is 4.39 Å². The summed E-state index contributed by atoms with van der Waals surface area (Å²) < 4.78 is 12.5. The number of aliphatic hydroxyl groups excluding tert-OH is 1. The maximum absolute atomic E-state index is 12.5. The van der Waals surface area contributed by atoms with Gasteiger partial charge in [0.1, 0.15) is 5.82 Å². The Morgan fingerprint density at radius 2 is 2.20 bits per heavy atom. The topological polar surface area (TPSA) is 53.4 Å². The molecule has 0 aliphatic carbocycles. The molecule has 0 unspecified atom stereocenters. The van der Waals surface area contributed by atoms with Gasteiger partial charge in [0.2, 0.25) is 0 Å². The standard InChI is InChI=1S/C6H6FNO2/c7-5-3-8-2-1-4(5)6(9)10/h1-3,6,9-10H. The fourth-order valence-corrected chi connectivity index (χ4v) is 0.595. The summed E-state index contributed by atoms with van der Waals surface area (Å²) in [7, 11) is 0. The molecule has 0 aliphatic heterocycles. The summed E-state index contributed by atoms with van der Waals surface area (Å²) in [6.45, 7) is 0. The van der Waals surface area contributed by atoms with Crippen molar-refractivity contribution < 1.29 is 14.6 Å². The molecule has 1 rings (SSSR count). The Morgan fingerprint density at radius 1 is 1.50 bits per heavy atom. The monoisotopic (exact) mass is 143 g/mol. The fraction of sp³-hybridized carbons (Fsp3) is 0.167. The van der Waals surface area contributed by atoms with Crippen molar-refractivity contribution in [2.24, 2.45) is 0 Å². The molecule has 3 nitrogen and oxygen atoms in total. The van der Waals surface area contributed by atoms with Crippen LogP contribution in [0, 0.1) is 5.82 Å². The van der Waals surface area contributed by atoms with Gasteiger partial charge in [-0.1, -0.05) is 0 Å². The van der Waals surface area contributed by atoms with Crippen LogP contribution in [0.4, 0.5) is 4.39 Å². The Bertz CT molecular complexity index is 227. The van der Waals surface area contributed by atoms with Gasteiger partial charge in [0, 0.05) is 11.8 Å². The molecule has 2 N–H and O–H groups in total. The molecule has 10 heavy (non-hydrogen) atoms. The molecule has 1 aromatic heterocycles. The van der Waals surface area contributed by atoms with E-state index in [1.165, 1.54) is 12.3 Å². The average Bonchev–Trinajstić information content (AvgIpc) is 1.88. The molecule has 0 fully saturated rings. The molecule has 0 amide bonds. The molecule has 0 aliphatic rings. The summed E-state index contributed by atoms with van der Waals surface area (Å²) >= 11 is 0. The van der Waals surface area contributed by atoms with Crippen LogP contribution in [-0.4, -0.2) is 15.2 Å². The lowest BCUT2D eigenvalue weighted by Gasteiger charge is -2.02. The largest absolute Gasteiger partial charge is 0.364 e. The zero-order valence-corrected chi connectivity index (χ0v) is 5.03. The number of aliphatic hydroxyl groups is 2. The van der Waals surface area contributed by atoms with Gasteiger partial charge in [0.25, 0.3) is 0 Å². The summed E-state index contributed by atoms with van der Waals surface area (Å²) in [5.41, 5.74) is -0.157. The van der Waals surface area contributed by atoms with E-state index in [2.05, 4.69) is 4.98 Å². The van der Waals surface area contributed by atoms with E-state index in [0.717, 1.165) is 6.20 Å². The van der Waals surface area contributed by atoms with Crippen molar-refractivity contribution >= 4 is 0 Å². The van der Waals surface area contributed by atoms with Gasteiger partial charge < -0.3 is 10.2 Å². The Hall–Kier alpha value is -1.00. The van der Waals surface area contributed by atoms with Crippen molar-refractivity contribution in [1.29, 1.82) is 0 Å². The summed E-state index contributed by atoms with van der Waals surface area (Å²) in [6.07, 6.45) is 0.454. The number of hydrogen-bond donors (Lipinski definition) is 2. The highest BCUT2D eigenvalue weighted by Crippen LogP contribution is 2.11. The highest BCUT2D eigenvalue weighted by atomic mass is 19.1. The lowest BCUT2D eigenvalue weighted by molar-refractivity contribution is -0.0450. The van der Waals surface area contributed by atoms with E-state index in [4.69, 9.17) is 10.2 Å². The predicted molar refractivity (Wildman–Crippen MR) is 31.4 cm³/mol. The molecule has 1 heterocycles. The number of hydrogen-bond acceptors (Lipinski definition) is 3. The maximum atomic E-state index is 12.5. The van der Waals surface area contributed by atoms with Gasteiger partial charge in [-0.3, -0.25) is 4.98 Å². The summed E-state index contributed by atoms with van der Waals surface area (Å²) in [6, 6.07) is 1.21. The van der Waals surface area contributed by atoms with Crippen LogP contribution in [0.2, 0.25) is 0 Å². The van der Waals surface area contributed by atoms with E-state index in [1.807, 2.05) is 0 Å². The van der Waals surface area contributed by atoms with Crippen LogP contribution < -0.4 is 0 Å². The first-order valence-electron chi connectivity index (χ1n) is 2.67. The molecule has 0 aromatic carbocycles. The van der Waals surface area contributed by atoms with Crippen molar-refractivity contribution in [2.45, 2.75) is 6.29 Å². The van der Waals surface area contributed by atoms with Crippen LogP contribution >= 0.6 is 0 Å². The molecule has 0 radical (unpaired) electrons. The van der Waals surface area contributed by atoms with Crippen molar-refractivity contribution in [3.8, 4) is 0 Å². The summed E-state index contributed by atoms with van der Waals surface area (Å²) in [5.74, 6) is -0.711. The molecule has 4 heteroatoms. The Labute approximate surface area is 56.8 Å². The Balaban J connectivity index is 3.03. The molecular weight excluding hydrogens is 137 g/mol. The van der Waals surface area contributed by atoms with Gasteiger partial charge >= 0.3 is 0 Å². The fourth-order valence-electron chi connectivity index (χ4n) is 0.595. The van der Waals surface area contributed by atoms with Crippen molar-refractivity contribution in [3.63, 3.8) is 0 Å². The van der Waals surface area contributed by atoms with Crippen LogP contribution in [0.3, 0.4) is 0 Å². The van der Waals surface area contributed by atoms with E-state index < -0.39 is 12.1 Å². The van der Waals surface area contributed by atoms with E-state index in [-0.39, 0.29) is 5.56 Å². The first-order valence-corrected chi connectivity index (χ1v) is 2.67. The number of pyridine rings is 1. The van der Waals surface area contributed by atoms with E-state index in [1.54, 1.807) is 0 Å². The second kappa shape index (κ2) is 2.72. The summed E-state index contributed by atoms with van der Waals surface area (Å²) in [5, 5.41) is 17.0. The second-order valence-electron chi connectivity index (χ2n) is 1.77. The Morgan fingerprint density at radius 3 is 2.60 bits per heavy atom. The molecule has 0 saturated carbocycles. The van der Waals surface area contributed by atoms with Crippen molar-refractivity contribution in [1.82, 2.24) is 4.98 Å². The highest BCUT2D eigenvalue weighted by molar-refractivity contribution is 5.12. The maximum Gasteiger partial charge on any atom is 0.181 e. The molecule has 1 aromatic rings. The number of halogens is 1. The lowest BCUT2D eigenvalue weighted by atomic mass is 10.2. The van der Waals surface area contributed by atoms with Crippen LogP contribution in [0.15, 0.2) is 18.5 Å². The SMILES string of the molecule is OC(O)c1ccncc1F. The number of nitrogens with zero attached hydrogens (tertiary/aromatic N) is 1. The van der Waals surface area contributed by atoms with Crippen LogP contribution in [0.25, 0.3) is 0 Å². The minimum Gasteiger partial charge on any atom is -0.364 e. The highest BCUT2D eigenvalue weighted by Gasteiger charge is 2.07. The third-order valence-electron chi connectivity index (χ3n) is 1.08. The predicted octanol–water partition coefficient (Wildman–Crippen LogP) is 0.204. The average molecular weight is 143 g/mol. The van der Waals surface area contributed by atoms with E-state index in [9.17, 15) is 4.39 Å². The third-order valence-corrected chi connectivity index (χ3v) is 1.08. The first-order chi connectivity index (χ1) is 4.72. The zero-order chi connectivity index (χ0) is 7.56. The molecular formula is C6H6FNO2. The van der Waals surface area contributed by atoms with Crippen molar-refractivity contribution in [3.05, 3.63) is 29.8 Å². The van der Waals surface area contributed by atoms with Crippen LogP contribution in [0.5, 0.6) is 0 Å². The van der Waals surface area contributed by atoms with Gasteiger partial charge in [-0.15, -0.1) is 0 Å². The minimum atomic E-state index is -1.76. The smallest absolute Gasteiger partial charge is 0.181 e.